The second-order valence-corrected chi connectivity index (χ2v) is 6.00. The predicted octanol–water partition coefficient (Wildman–Crippen LogP) is 4.54. The molecule has 2 aromatic rings. The van der Waals surface area contributed by atoms with Crippen LogP contribution in [0.2, 0.25) is 0 Å². The predicted molar refractivity (Wildman–Crippen MR) is 84.7 cm³/mol. The maximum absolute atomic E-state index is 5.40. The lowest BCUT2D eigenvalue weighted by Crippen LogP contribution is -2.03. The summed E-state index contributed by atoms with van der Waals surface area (Å²) in [6.07, 6.45) is 3.62. The first kappa shape index (κ1) is 14.3. The van der Waals surface area contributed by atoms with Gasteiger partial charge in [-0.3, -0.25) is 4.98 Å². The Bertz CT molecular complexity index is 588. The Kier molecular flexibility index (Phi) is 4.82. The van der Waals surface area contributed by atoms with Gasteiger partial charge in [-0.05, 0) is 52.2 Å². The summed E-state index contributed by atoms with van der Waals surface area (Å²) in [7, 11) is 1.67. The Morgan fingerprint density at radius 2 is 1.95 bits per heavy atom. The van der Waals surface area contributed by atoms with E-state index in [9.17, 15) is 0 Å². The molecule has 0 saturated heterocycles. The molecular weight excluding hydrogens is 372 g/mol. The quantitative estimate of drug-likeness (QED) is 0.839. The van der Waals surface area contributed by atoms with Gasteiger partial charge in [0.25, 0.3) is 0 Å². The van der Waals surface area contributed by atoms with E-state index in [2.05, 4.69) is 55.2 Å². The van der Waals surface area contributed by atoms with E-state index >= 15 is 0 Å². The van der Waals surface area contributed by atoms with Gasteiger partial charge in [0.05, 0.1) is 12.8 Å². The minimum atomic E-state index is 0.700. The number of pyridine rings is 1. The van der Waals surface area contributed by atoms with Gasteiger partial charge in [-0.1, -0.05) is 15.9 Å². The fraction of sp³-hybridized carbons (Fsp3) is 0.214. The summed E-state index contributed by atoms with van der Waals surface area (Å²) in [5.41, 5.74) is 3.25. The first-order chi connectivity index (χ1) is 9.10. The van der Waals surface area contributed by atoms with Gasteiger partial charge in [0.15, 0.2) is 0 Å². The van der Waals surface area contributed by atoms with Crippen LogP contribution in [0.1, 0.15) is 11.1 Å². The number of nitrogens with zero attached hydrogens (tertiary/aromatic N) is 1. The summed E-state index contributed by atoms with van der Waals surface area (Å²) in [5.74, 6) is 0.829. The smallest absolute Gasteiger partial charge is 0.143 e. The lowest BCUT2D eigenvalue weighted by atomic mass is 10.1. The average Bonchev–Trinajstić information content (AvgIpc) is 2.37. The average molecular weight is 386 g/mol. The van der Waals surface area contributed by atoms with Crippen molar-refractivity contribution in [2.45, 2.75) is 13.5 Å². The molecule has 1 aromatic heterocycles. The van der Waals surface area contributed by atoms with Gasteiger partial charge in [-0.25, -0.2) is 0 Å². The molecule has 1 heterocycles. The molecule has 0 aliphatic heterocycles. The summed E-state index contributed by atoms with van der Waals surface area (Å²) < 4.78 is 7.39. The highest BCUT2D eigenvalue weighted by molar-refractivity contribution is 9.10. The van der Waals surface area contributed by atoms with Crippen LogP contribution < -0.4 is 10.1 Å². The number of benzene rings is 1. The van der Waals surface area contributed by atoms with Crippen molar-refractivity contribution in [3.8, 4) is 5.75 Å². The van der Waals surface area contributed by atoms with Crippen molar-refractivity contribution in [2.24, 2.45) is 0 Å². The molecular formula is C14H14Br2N2O. The third-order valence-corrected chi connectivity index (χ3v) is 3.61. The van der Waals surface area contributed by atoms with Crippen LogP contribution in [0.3, 0.4) is 0 Å². The van der Waals surface area contributed by atoms with Gasteiger partial charge in [-0.2, -0.15) is 0 Å². The Hall–Kier alpha value is -1.07. The number of anilines is 1. The molecule has 0 spiro atoms. The first-order valence-electron chi connectivity index (χ1n) is 5.77. The van der Waals surface area contributed by atoms with E-state index in [0.717, 1.165) is 31.5 Å². The maximum atomic E-state index is 5.40. The summed E-state index contributed by atoms with van der Waals surface area (Å²) in [4.78, 5) is 4.15. The zero-order chi connectivity index (χ0) is 13.8. The molecule has 0 atom stereocenters. The zero-order valence-electron chi connectivity index (χ0n) is 10.7. The number of rotatable bonds is 4. The highest BCUT2D eigenvalue weighted by Crippen LogP contribution is 2.32. The summed E-state index contributed by atoms with van der Waals surface area (Å²) in [5, 5.41) is 3.40. The van der Waals surface area contributed by atoms with Gasteiger partial charge in [0, 0.05) is 27.9 Å². The molecule has 1 N–H and O–H groups in total. The molecule has 0 aliphatic rings. The van der Waals surface area contributed by atoms with Crippen molar-refractivity contribution >= 4 is 37.5 Å². The molecule has 1 aromatic carbocycles. The monoisotopic (exact) mass is 384 g/mol. The fourth-order valence-electron chi connectivity index (χ4n) is 1.84. The van der Waals surface area contributed by atoms with E-state index in [4.69, 9.17) is 4.74 Å². The highest BCUT2D eigenvalue weighted by Gasteiger charge is 2.08. The minimum absolute atomic E-state index is 0.700. The SMILES string of the molecule is COc1cc(Br)cc(C)c1NCc1cncc(Br)c1. The van der Waals surface area contributed by atoms with Crippen molar-refractivity contribution in [1.82, 2.24) is 4.98 Å². The molecule has 0 bridgehead atoms. The van der Waals surface area contributed by atoms with E-state index < -0.39 is 0 Å². The van der Waals surface area contributed by atoms with Crippen molar-refractivity contribution < 1.29 is 4.74 Å². The van der Waals surface area contributed by atoms with Gasteiger partial charge in [0.1, 0.15) is 5.75 Å². The largest absolute Gasteiger partial charge is 0.495 e. The van der Waals surface area contributed by atoms with E-state index in [1.807, 2.05) is 18.3 Å². The van der Waals surface area contributed by atoms with Gasteiger partial charge in [0.2, 0.25) is 0 Å². The normalized spacial score (nSPS) is 10.3. The lowest BCUT2D eigenvalue weighted by molar-refractivity contribution is 0.416. The molecule has 0 amide bonds. The first-order valence-corrected chi connectivity index (χ1v) is 7.36. The molecule has 100 valence electrons. The van der Waals surface area contributed by atoms with Gasteiger partial charge in [-0.15, -0.1) is 0 Å². The van der Waals surface area contributed by atoms with Crippen LogP contribution in [-0.4, -0.2) is 12.1 Å². The Morgan fingerprint density at radius 1 is 1.16 bits per heavy atom. The summed E-state index contributed by atoms with van der Waals surface area (Å²) in [6, 6.07) is 6.05. The Labute approximate surface area is 129 Å². The molecule has 0 aliphatic carbocycles. The van der Waals surface area contributed by atoms with Gasteiger partial charge >= 0.3 is 0 Å². The van der Waals surface area contributed by atoms with Crippen LogP contribution in [0, 0.1) is 6.92 Å². The molecule has 5 heteroatoms. The third kappa shape index (κ3) is 3.70. The number of hydrogen-bond donors (Lipinski definition) is 1. The van der Waals surface area contributed by atoms with Crippen molar-refractivity contribution in [3.63, 3.8) is 0 Å². The molecule has 19 heavy (non-hydrogen) atoms. The van der Waals surface area contributed by atoms with Crippen LogP contribution in [0.15, 0.2) is 39.5 Å². The summed E-state index contributed by atoms with van der Waals surface area (Å²) in [6.45, 7) is 2.75. The third-order valence-electron chi connectivity index (χ3n) is 2.71. The molecule has 0 radical (unpaired) electrons. The molecule has 0 unspecified atom stereocenters. The van der Waals surface area contributed by atoms with Crippen molar-refractivity contribution in [3.05, 3.63) is 50.7 Å². The number of nitrogens with one attached hydrogen (secondary N) is 1. The van der Waals surface area contributed by atoms with Crippen LogP contribution in [0.5, 0.6) is 5.75 Å². The van der Waals surface area contributed by atoms with Crippen LogP contribution >= 0.6 is 31.9 Å². The van der Waals surface area contributed by atoms with E-state index in [1.54, 1.807) is 13.3 Å². The van der Waals surface area contributed by atoms with E-state index in [1.165, 1.54) is 0 Å². The number of halogens is 2. The van der Waals surface area contributed by atoms with Crippen LogP contribution in [0.25, 0.3) is 0 Å². The summed E-state index contributed by atoms with van der Waals surface area (Å²) >= 11 is 6.89. The van der Waals surface area contributed by atoms with Crippen LogP contribution in [-0.2, 0) is 6.54 Å². The second kappa shape index (κ2) is 6.39. The topological polar surface area (TPSA) is 34.1 Å². The number of ether oxygens (including phenoxy) is 1. The van der Waals surface area contributed by atoms with Crippen molar-refractivity contribution in [1.29, 1.82) is 0 Å². The molecule has 0 saturated carbocycles. The fourth-order valence-corrected chi connectivity index (χ4v) is 2.81. The maximum Gasteiger partial charge on any atom is 0.143 e. The van der Waals surface area contributed by atoms with Gasteiger partial charge < -0.3 is 10.1 Å². The second-order valence-electron chi connectivity index (χ2n) is 4.16. The molecule has 2 rings (SSSR count). The highest BCUT2D eigenvalue weighted by atomic mass is 79.9. The Balaban J connectivity index is 2.19. The van der Waals surface area contributed by atoms with Crippen molar-refractivity contribution in [2.75, 3.05) is 12.4 Å². The Morgan fingerprint density at radius 3 is 2.63 bits per heavy atom. The minimum Gasteiger partial charge on any atom is -0.495 e. The zero-order valence-corrected chi connectivity index (χ0v) is 13.9. The van der Waals surface area contributed by atoms with E-state index in [0.29, 0.717) is 6.54 Å². The van der Waals surface area contributed by atoms with Crippen LogP contribution in [0.4, 0.5) is 5.69 Å². The number of hydrogen-bond acceptors (Lipinski definition) is 3. The number of aryl methyl sites for hydroxylation is 1. The number of methoxy groups -OCH3 is 1. The lowest BCUT2D eigenvalue weighted by Gasteiger charge is -2.14. The van der Waals surface area contributed by atoms with E-state index in [-0.39, 0.29) is 0 Å². The molecule has 0 fully saturated rings. The standard InChI is InChI=1S/C14H14Br2N2O/c1-9-3-11(15)5-13(19-2)14(9)18-7-10-4-12(16)8-17-6-10/h3-6,8,18H,7H2,1-2H3. The molecule has 3 nitrogen and oxygen atoms in total. The number of aromatic nitrogens is 1.